The predicted octanol–water partition coefficient (Wildman–Crippen LogP) is 4.92. The van der Waals surface area contributed by atoms with E-state index < -0.39 is 0 Å². The molecule has 0 amide bonds. The standard InChI is InChI=1S/C38H40O8/c39-23-25-15-31-19-27-3-1-5-29-21-33-17-26(24-40)16-32-20-28-4-2-6-30(36(28)44-12-8-42-10-14-46-38(32)33)22-34(18-25)37(31)45-13-9-41-7-11-43-35(27)29/h1-6,15-18,39-40H,7-14,19-24H2. The number of ether oxygens (including phenoxy) is 6. The molecule has 0 atom stereocenters. The fourth-order valence-electron chi connectivity index (χ4n) is 6.77. The molecule has 4 aromatic rings. The highest BCUT2D eigenvalue weighted by molar-refractivity contribution is 5.57. The number of aliphatic hydroxyl groups is 2. The lowest BCUT2D eigenvalue weighted by Gasteiger charge is -2.24. The summed E-state index contributed by atoms with van der Waals surface area (Å²) in [5.74, 6) is 3.21. The second kappa shape index (κ2) is 14.1. The molecule has 2 heterocycles. The molecule has 0 fully saturated rings. The molecule has 2 aliphatic heterocycles. The van der Waals surface area contributed by atoms with Gasteiger partial charge in [-0.15, -0.1) is 0 Å². The van der Waals surface area contributed by atoms with E-state index in [0.29, 0.717) is 78.5 Å². The van der Waals surface area contributed by atoms with Crippen LogP contribution in [0.2, 0.25) is 0 Å². The Labute approximate surface area is 269 Å². The lowest BCUT2D eigenvalue weighted by molar-refractivity contribution is 0.0744. The second-order valence-electron chi connectivity index (χ2n) is 11.9. The van der Waals surface area contributed by atoms with Crippen LogP contribution < -0.4 is 18.9 Å². The molecular weight excluding hydrogens is 584 g/mol. The smallest absolute Gasteiger partial charge is 0.126 e. The molecule has 4 aromatic carbocycles. The Morgan fingerprint density at radius 1 is 0.391 bits per heavy atom. The number of aliphatic hydroxyl groups excluding tert-OH is 2. The van der Waals surface area contributed by atoms with Crippen molar-refractivity contribution >= 4 is 0 Å². The van der Waals surface area contributed by atoms with Crippen molar-refractivity contribution in [2.75, 3.05) is 52.9 Å². The van der Waals surface area contributed by atoms with Gasteiger partial charge in [0.05, 0.1) is 39.6 Å². The molecule has 0 unspecified atom stereocenters. The largest absolute Gasteiger partial charge is 0.491 e. The Hall–Kier alpha value is -4.08. The molecule has 12 bridgehead atoms. The highest BCUT2D eigenvalue weighted by atomic mass is 16.6. The van der Waals surface area contributed by atoms with E-state index >= 15 is 0 Å². The number of hydrogen-bond donors (Lipinski definition) is 2. The molecule has 8 heteroatoms. The van der Waals surface area contributed by atoms with Crippen LogP contribution in [0.1, 0.15) is 55.6 Å². The average Bonchev–Trinajstić information content (AvgIpc) is 3.05. The van der Waals surface area contributed by atoms with Crippen LogP contribution >= 0.6 is 0 Å². The zero-order valence-electron chi connectivity index (χ0n) is 26.0. The molecule has 0 saturated heterocycles. The van der Waals surface area contributed by atoms with Gasteiger partial charge in [0.2, 0.25) is 0 Å². The van der Waals surface area contributed by atoms with Gasteiger partial charge in [-0.25, -0.2) is 0 Å². The van der Waals surface area contributed by atoms with Crippen LogP contribution in [0, 0.1) is 0 Å². The summed E-state index contributed by atoms with van der Waals surface area (Å²) in [4.78, 5) is 0. The second-order valence-corrected chi connectivity index (χ2v) is 11.9. The number of hydrogen-bond acceptors (Lipinski definition) is 8. The fourth-order valence-corrected chi connectivity index (χ4v) is 6.77. The molecule has 0 aromatic heterocycles. The zero-order chi connectivity index (χ0) is 31.3. The maximum absolute atomic E-state index is 10.4. The summed E-state index contributed by atoms with van der Waals surface area (Å²) in [6.45, 7) is 3.17. The lowest BCUT2D eigenvalue weighted by atomic mass is 9.89. The third-order valence-corrected chi connectivity index (χ3v) is 8.75. The van der Waals surface area contributed by atoms with E-state index in [1.165, 1.54) is 0 Å². The first-order valence-corrected chi connectivity index (χ1v) is 16.1. The third-order valence-electron chi connectivity index (χ3n) is 8.75. The molecule has 3 aliphatic rings. The van der Waals surface area contributed by atoms with Crippen molar-refractivity contribution in [3.63, 3.8) is 0 Å². The van der Waals surface area contributed by atoms with Crippen LogP contribution in [-0.4, -0.2) is 63.1 Å². The van der Waals surface area contributed by atoms with Crippen LogP contribution in [-0.2, 0) is 48.4 Å². The maximum atomic E-state index is 10.4. The van der Waals surface area contributed by atoms with E-state index in [1.807, 2.05) is 24.3 Å². The summed E-state index contributed by atoms with van der Waals surface area (Å²) < 4.78 is 37.8. The molecule has 0 spiro atoms. The topological polar surface area (TPSA) is 95.8 Å². The van der Waals surface area contributed by atoms with Crippen LogP contribution in [0.5, 0.6) is 23.0 Å². The van der Waals surface area contributed by atoms with Gasteiger partial charge in [-0.3, -0.25) is 0 Å². The van der Waals surface area contributed by atoms with Gasteiger partial charge in [-0.2, -0.15) is 0 Å². The van der Waals surface area contributed by atoms with Gasteiger partial charge < -0.3 is 38.6 Å². The van der Waals surface area contributed by atoms with Crippen molar-refractivity contribution in [3.05, 3.63) is 116 Å². The van der Waals surface area contributed by atoms with Gasteiger partial charge in [-0.05, 0) is 79.9 Å². The maximum Gasteiger partial charge on any atom is 0.126 e. The highest BCUT2D eigenvalue weighted by Gasteiger charge is 2.23. The summed E-state index contributed by atoms with van der Waals surface area (Å²) in [6, 6.07) is 20.6. The molecule has 240 valence electrons. The normalized spacial score (nSPS) is 16.6. The van der Waals surface area contributed by atoms with Crippen LogP contribution in [0.25, 0.3) is 0 Å². The average molecular weight is 625 g/mol. The van der Waals surface area contributed by atoms with Gasteiger partial charge in [0.1, 0.15) is 49.4 Å². The van der Waals surface area contributed by atoms with Gasteiger partial charge in [0.25, 0.3) is 0 Å². The molecule has 0 saturated carbocycles. The first kappa shape index (κ1) is 30.6. The fraction of sp³-hybridized carbons (Fsp3) is 0.368. The van der Waals surface area contributed by atoms with Gasteiger partial charge >= 0.3 is 0 Å². The molecule has 1 aliphatic carbocycles. The number of rotatable bonds is 2. The molecule has 46 heavy (non-hydrogen) atoms. The number of para-hydroxylation sites is 2. The van der Waals surface area contributed by atoms with E-state index in [4.69, 9.17) is 28.4 Å². The molecule has 7 rings (SSSR count). The van der Waals surface area contributed by atoms with Crippen molar-refractivity contribution < 1.29 is 38.6 Å². The van der Waals surface area contributed by atoms with E-state index in [9.17, 15) is 10.2 Å². The Morgan fingerprint density at radius 2 is 0.674 bits per heavy atom. The minimum absolute atomic E-state index is 0.0852. The lowest BCUT2D eigenvalue weighted by Crippen LogP contribution is -2.17. The Kier molecular flexibility index (Phi) is 9.39. The molecule has 8 nitrogen and oxygen atoms in total. The quantitative estimate of drug-likeness (QED) is 0.286. The van der Waals surface area contributed by atoms with Crippen molar-refractivity contribution in [1.82, 2.24) is 0 Å². The summed E-state index contributed by atoms with van der Waals surface area (Å²) in [5.41, 5.74) is 9.60. The minimum atomic E-state index is -0.0852. The van der Waals surface area contributed by atoms with E-state index in [2.05, 4.69) is 36.4 Å². The SMILES string of the molecule is OCc1cc2c3c(c1)Cc1cccc4c1OCCOCCOc1c(cc(CO)cc1C4)Cc1cccc(c1OCCOCCO3)C2. The molecular formula is C38H40O8. The van der Waals surface area contributed by atoms with Crippen molar-refractivity contribution in [2.45, 2.75) is 38.9 Å². The Morgan fingerprint density at radius 3 is 0.957 bits per heavy atom. The Bertz CT molecular complexity index is 1570. The first-order valence-electron chi connectivity index (χ1n) is 16.1. The summed E-state index contributed by atoms with van der Waals surface area (Å²) in [5, 5.41) is 20.7. The minimum Gasteiger partial charge on any atom is -0.491 e. The van der Waals surface area contributed by atoms with Gasteiger partial charge in [0, 0.05) is 25.7 Å². The van der Waals surface area contributed by atoms with Crippen LogP contribution in [0.4, 0.5) is 0 Å². The molecule has 0 radical (unpaired) electrons. The Balaban J connectivity index is 1.51. The summed E-state index contributed by atoms with van der Waals surface area (Å²) in [6.07, 6.45) is 2.20. The van der Waals surface area contributed by atoms with E-state index in [0.717, 1.165) is 78.6 Å². The highest BCUT2D eigenvalue weighted by Crippen LogP contribution is 2.40. The van der Waals surface area contributed by atoms with E-state index in [-0.39, 0.29) is 13.2 Å². The molecule has 2 N–H and O–H groups in total. The summed E-state index contributed by atoms with van der Waals surface area (Å²) in [7, 11) is 0. The zero-order valence-corrected chi connectivity index (χ0v) is 26.0. The first-order chi connectivity index (χ1) is 22.7. The van der Waals surface area contributed by atoms with Crippen LogP contribution in [0.3, 0.4) is 0 Å². The monoisotopic (exact) mass is 624 g/mol. The number of benzene rings is 4. The summed E-state index contributed by atoms with van der Waals surface area (Å²) >= 11 is 0. The van der Waals surface area contributed by atoms with Gasteiger partial charge in [0.15, 0.2) is 0 Å². The van der Waals surface area contributed by atoms with Crippen molar-refractivity contribution in [2.24, 2.45) is 0 Å². The van der Waals surface area contributed by atoms with Crippen molar-refractivity contribution in [3.8, 4) is 23.0 Å². The van der Waals surface area contributed by atoms with Crippen molar-refractivity contribution in [1.29, 1.82) is 0 Å². The van der Waals surface area contributed by atoms with E-state index in [1.54, 1.807) is 0 Å². The third kappa shape index (κ3) is 6.57. The van der Waals surface area contributed by atoms with Crippen LogP contribution in [0.15, 0.2) is 60.7 Å². The van der Waals surface area contributed by atoms with Gasteiger partial charge in [-0.1, -0.05) is 36.4 Å². The predicted molar refractivity (Wildman–Crippen MR) is 172 cm³/mol.